The number of ether oxygens (including phenoxy) is 4. The first-order valence-corrected chi connectivity index (χ1v) is 8.07. The van der Waals surface area contributed by atoms with Gasteiger partial charge in [0.2, 0.25) is 5.75 Å². The molecule has 2 amide bonds. The Kier molecular flexibility index (Phi) is 6.73. The zero-order valence-electron chi connectivity index (χ0n) is 15.2. The van der Waals surface area contributed by atoms with Crippen LogP contribution in [0.25, 0.3) is 0 Å². The minimum Gasteiger partial charge on any atom is -0.495 e. The molecule has 0 heterocycles. The molecule has 0 saturated carbocycles. The lowest BCUT2D eigenvalue weighted by Gasteiger charge is -2.14. The molecule has 0 atom stereocenters. The number of methoxy groups -OCH3 is 4. The van der Waals surface area contributed by atoms with Crippen molar-refractivity contribution in [3.8, 4) is 23.0 Å². The van der Waals surface area contributed by atoms with Crippen molar-refractivity contribution in [3.63, 3.8) is 0 Å². The summed E-state index contributed by atoms with van der Waals surface area (Å²) in [5.74, 6) is 0.316. The van der Waals surface area contributed by atoms with Gasteiger partial charge in [-0.2, -0.15) is 0 Å². The van der Waals surface area contributed by atoms with Crippen molar-refractivity contribution in [2.75, 3.05) is 28.4 Å². The van der Waals surface area contributed by atoms with Crippen LogP contribution in [0.15, 0.2) is 30.3 Å². The van der Waals surface area contributed by atoms with Crippen LogP contribution in [-0.2, 0) is 0 Å². The molecular formula is C18H19ClN2O6. The molecule has 0 aromatic heterocycles. The van der Waals surface area contributed by atoms with Gasteiger partial charge in [-0.1, -0.05) is 11.6 Å². The molecular weight excluding hydrogens is 376 g/mol. The van der Waals surface area contributed by atoms with Crippen LogP contribution in [0.4, 0.5) is 0 Å². The van der Waals surface area contributed by atoms with Gasteiger partial charge >= 0.3 is 0 Å². The number of carbonyl (C=O) groups excluding carboxylic acids is 2. The second kappa shape index (κ2) is 9.00. The summed E-state index contributed by atoms with van der Waals surface area (Å²) in [5.41, 5.74) is 5.10. The average molecular weight is 395 g/mol. The Morgan fingerprint density at radius 3 is 1.70 bits per heavy atom. The van der Waals surface area contributed by atoms with Gasteiger partial charge in [0.15, 0.2) is 11.5 Å². The Morgan fingerprint density at radius 1 is 0.741 bits per heavy atom. The zero-order chi connectivity index (χ0) is 20.0. The largest absolute Gasteiger partial charge is 0.495 e. The van der Waals surface area contributed by atoms with Crippen molar-refractivity contribution in [1.29, 1.82) is 0 Å². The SMILES string of the molecule is COc1ccc(C(=O)NNC(=O)c2cc(OC)c(OC)c(OC)c2)cc1Cl. The number of carbonyl (C=O) groups is 2. The number of amides is 2. The molecule has 8 nitrogen and oxygen atoms in total. The molecule has 2 aromatic carbocycles. The maximum atomic E-state index is 12.4. The van der Waals surface area contributed by atoms with Gasteiger partial charge in [0.05, 0.1) is 33.5 Å². The highest BCUT2D eigenvalue weighted by Crippen LogP contribution is 2.38. The fraction of sp³-hybridized carbons (Fsp3) is 0.222. The van der Waals surface area contributed by atoms with Crippen LogP contribution in [0.5, 0.6) is 23.0 Å². The standard InChI is InChI=1S/C18H19ClN2O6/c1-24-13-6-5-10(7-12(13)19)17(22)20-21-18(23)11-8-14(25-2)16(27-4)15(9-11)26-3/h5-9H,1-4H3,(H,20,22)(H,21,23). The highest BCUT2D eigenvalue weighted by molar-refractivity contribution is 6.32. The molecule has 0 aliphatic rings. The molecule has 27 heavy (non-hydrogen) atoms. The molecule has 0 aliphatic heterocycles. The van der Waals surface area contributed by atoms with Crippen LogP contribution in [0.3, 0.4) is 0 Å². The topological polar surface area (TPSA) is 95.1 Å². The maximum Gasteiger partial charge on any atom is 0.269 e. The molecule has 144 valence electrons. The van der Waals surface area contributed by atoms with Crippen LogP contribution in [0.1, 0.15) is 20.7 Å². The normalized spacial score (nSPS) is 9.96. The first-order valence-electron chi connectivity index (χ1n) is 7.69. The van der Waals surface area contributed by atoms with Crippen molar-refractivity contribution in [2.24, 2.45) is 0 Å². The van der Waals surface area contributed by atoms with E-state index in [1.165, 1.54) is 52.7 Å². The third-order valence-electron chi connectivity index (χ3n) is 3.63. The average Bonchev–Trinajstić information content (AvgIpc) is 2.70. The lowest BCUT2D eigenvalue weighted by Crippen LogP contribution is -2.41. The number of benzene rings is 2. The van der Waals surface area contributed by atoms with Gasteiger partial charge < -0.3 is 18.9 Å². The highest BCUT2D eigenvalue weighted by Gasteiger charge is 2.18. The number of nitrogens with one attached hydrogen (secondary N) is 2. The molecule has 9 heteroatoms. The number of hydrazine groups is 1. The van der Waals surface area contributed by atoms with E-state index >= 15 is 0 Å². The molecule has 2 aromatic rings. The van der Waals surface area contributed by atoms with E-state index in [2.05, 4.69) is 10.9 Å². The molecule has 0 bridgehead atoms. The van der Waals surface area contributed by atoms with E-state index in [0.717, 1.165) is 0 Å². The van der Waals surface area contributed by atoms with Gasteiger partial charge in [0.1, 0.15) is 5.75 Å². The summed E-state index contributed by atoms with van der Waals surface area (Å²) in [5, 5.41) is 0.279. The number of halogens is 1. The molecule has 0 radical (unpaired) electrons. The molecule has 0 aliphatic carbocycles. The quantitative estimate of drug-likeness (QED) is 0.731. The summed E-state index contributed by atoms with van der Waals surface area (Å²) in [6, 6.07) is 7.44. The molecule has 2 rings (SSSR count). The van der Waals surface area contributed by atoms with E-state index in [9.17, 15) is 9.59 Å². The lowest BCUT2D eigenvalue weighted by atomic mass is 10.1. The van der Waals surface area contributed by atoms with Crippen molar-refractivity contribution in [1.82, 2.24) is 10.9 Å². The number of hydrogen-bond donors (Lipinski definition) is 2. The van der Waals surface area contributed by atoms with Crippen LogP contribution >= 0.6 is 11.6 Å². The molecule has 2 N–H and O–H groups in total. The first kappa shape index (κ1) is 20.2. The Balaban J connectivity index is 2.13. The maximum absolute atomic E-state index is 12.4. The Morgan fingerprint density at radius 2 is 1.26 bits per heavy atom. The second-order valence-corrected chi connectivity index (χ2v) is 5.58. The van der Waals surface area contributed by atoms with Crippen LogP contribution in [0, 0.1) is 0 Å². The highest BCUT2D eigenvalue weighted by atomic mass is 35.5. The van der Waals surface area contributed by atoms with Crippen molar-refractivity contribution in [2.45, 2.75) is 0 Å². The van der Waals surface area contributed by atoms with E-state index in [-0.39, 0.29) is 16.1 Å². The summed E-state index contributed by atoms with van der Waals surface area (Å²) < 4.78 is 20.6. The van der Waals surface area contributed by atoms with E-state index in [1.54, 1.807) is 6.07 Å². The summed E-state index contributed by atoms with van der Waals surface area (Å²) >= 11 is 6.00. The van der Waals surface area contributed by atoms with E-state index in [1.807, 2.05) is 0 Å². The number of hydrogen-bond acceptors (Lipinski definition) is 6. The van der Waals surface area contributed by atoms with Gasteiger partial charge in [-0.05, 0) is 30.3 Å². The third-order valence-corrected chi connectivity index (χ3v) is 3.93. The van der Waals surface area contributed by atoms with Gasteiger partial charge in [-0.15, -0.1) is 0 Å². The third kappa shape index (κ3) is 4.53. The summed E-state index contributed by atoms with van der Waals surface area (Å²) in [7, 11) is 5.81. The summed E-state index contributed by atoms with van der Waals surface area (Å²) in [4.78, 5) is 24.5. The Hall–Kier alpha value is -3.13. The molecule has 0 fully saturated rings. The van der Waals surface area contributed by atoms with Crippen LogP contribution < -0.4 is 29.8 Å². The van der Waals surface area contributed by atoms with Gasteiger partial charge in [0.25, 0.3) is 11.8 Å². The minimum absolute atomic E-state index is 0.206. The van der Waals surface area contributed by atoms with Crippen LogP contribution in [0.2, 0.25) is 5.02 Å². The molecule has 0 spiro atoms. The molecule has 0 unspecified atom stereocenters. The summed E-state index contributed by atoms with van der Waals surface area (Å²) in [6.45, 7) is 0. The lowest BCUT2D eigenvalue weighted by molar-refractivity contribution is 0.0846. The van der Waals surface area contributed by atoms with E-state index in [4.69, 9.17) is 30.5 Å². The molecule has 0 saturated heterocycles. The van der Waals surface area contributed by atoms with Gasteiger partial charge in [0, 0.05) is 11.1 Å². The van der Waals surface area contributed by atoms with Crippen molar-refractivity contribution >= 4 is 23.4 Å². The van der Waals surface area contributed by atoms with Crippen LogP contribution in [-0.4, -0.2) is 40.3 Å². The number of rotatable bonds is 6. The van der Waals surface area contributed by atoms with E-state index < -0.39 is 11.8 Å². The Labute approximate surface area is 161 Å². The smallest absolute Gasteiger partial charge is 0.269 e. The first-order chi connectivity index (χ1) is 12.9. The van der Waals surface area contributed by atoms with Gasteiger partial charge in [-0.3, -0.25) is 20.4 Å². The second-order valence-electron chi connectivity index (χ2n) is 5.17. The zero-order valence-corrected chi connectivity index (χ0v) is 16.0. The predicted molar refractivity (Wildman–Crippen MR) is 99.0 cm³/mol. The minimum atomic E-state index is -0.567. The van der Waals surface area contributed by atoms with Gasteiger partial charge in [-0.25, -0.2) is 0 Å². The monoisotopic (exact) mass is 394 g/mol. The predicted octanol–water partition coefficient (Wildman–Crippen LogP) is 2.45. The Bertz CT molecular complexity index is 831. The fourth-order valence-electron chi connectivity index (χ4n) is 2.28. The van der Waals surface area contributed by atoms with E-state index in [0.29, 0.717) is 23.0 Å². The summed E-state index contributed by atoms with van der Waals surface area (Å²) in [6.07, 6.45) is 0. The van der Waals surface area contributed by atoms with Crippen molar-refractivity contribution < 1.29 is 28.5 Å². The van der Waals surface area contributed by atoms with Crippen molar-refractivity contribution in [3.05, 3.63) is 46.5 Å². The fourth-order valence-corrected chi connectivity index (χ4v) is 2.54.